The number of carbonyl (C=O) groups is 1. The molecule has 2 aromatic carbocycles. The molecule has 1 atom stereocenters. The zero-order valence-electron chi connectivity index (χ0n) is 9.56. The molecule has 1 aliphatic carbocycles. The molecule has 0 aliphatic heterocycles. The first-order chi connectivity index (χ1) is 8.65. The molecule has 0 fully saturated rings. The molecule has 0 amide bonds. The van der Waals surface area contributed by atoms with Gasteiger partial charge in [0.15, 0.2) is 5.78 Å². The number of halogens is 1. The van der Waals surface area contributed by atoms with Crippen molar-refractivity contribution < 1.29 is 9.90 Å². The number of fused-ring (bicyclic) bond motifs is 1. The predicted octanol–water partition coefficient (Wildman–Crippen LogP) is 3.76. The van der Waals surface area contributed by atoms with Gasteiger partial charge in [-0.15, -0.1) is 0 Å². The summed E-state index contributed by atoms with van der Waals surface area (Å²) in [5.74, 6) is 0.296. The SMILES string of the molecule is O=C1CC(c2ccc(Cl)cc2)c2ccc(O)cc21. The highest BCUT2D eigenvalue weighted by Gasteiger charge is 2.30. The van der Waals surface area contributed by atoms with Crippen LogP contribution < -0.4 is 0 Å². The third kappa shape index (κ3) is 1.79. The Balaban J connectivity index is 2.07. The molecule has 1 N–H and O–H groups in total. The number of carbonyl (C=O) groups excluding carboxylic acids is 1. The fraction of sp³-hybridized carbons (Fsp3) is 0.133. The van der Waals surface area contributed by atoms with Crippen LogP contribution in [0.2, 0.25) is 5.02 Å². The van der Waals surface area contributed by atoms with Crippen LogP contribution in [0, 0.1) is 0 Å². The molecule has 0 bridgehead atoms. The molecular weight excluding hydrogens is 248 g/mol. The van der Waals surface area contributed by atoms with Gasteiger partial charge >= 0.3 is 0 Å². The maximum atomic E-state index is 11.9. The van der Waals surface area contributed by atoms with E-state index in [1.807, 2.05) is 30.3 Å². The third-order valence-electron chi connectivity index (χ3n) is 3.37. The van der Waals surface area contributed by atoms with Gasteiger partial charge in [-0.1, -0.05) is 29.8 Å². The molecule has 0 saturated heterocycles. The summed E-state index contributed by atoms with van der Waals surface area (Å²) in [5.41, 5.74) is 2.70. The molecule has 1 unspecified atom stereocenters. The lowest BCUT2D eigenvalue weighted by atomic mass is 9.93. The summed E-state index contributed by atoms with van der Waals surface area (Å²) >= 11 is 5.87. The number of Topliss-reactive ketones (excluding diaryl/α,β-unsaturated/α-hetero) is 1. The Bertz CT molecular complexity index is 617. The van der Waals surface area contributed by atoms with Gasteiger partial charge < -0.3 is 5.11 Å². The summed E-state index contributed by atoms with van der Waals surface area (Å²) in [7, 11) is 0. The first-order valence-corrected chi connectivity index (χ1v) is 6.14. The van der Waals surface area contributed by atoms with Crippen LogP contribution in [0.4, 0.5) is 0 Å². The molecule has 1 aliphatic rings. The summed E-state index contributed by atoms with van der Waals surface area (Å²) in [4.78, 5) is 11.9. The quantitative estimate of drug-likeness (QED) is 0.846. The van der Waals surface area contributed by atoms with Crippen LogP contribution in [0.1, 0.15) is 33.8 Å². The normalized spacial score (nSPS) is 17.8. The number of hydrogen-bond acceptors (Lipinski definition) is 2. The third-order valence-corrected chi connectivity index (χ3v) is 3.63. The Kier molecular flexibility index (Phi) is 2.60. The summed E-state index contributed by atoms with van der Waals surface area (Å²) in [5, 5.41) is 10.1. The van der Waals surface area contributed by atoms with Gasteiger partial charge in [-0.2, -0.15) is 0 Å². The van der Waals surface area contributed by atoms with Gasteiger partial charge in [0, 0.05) is 22.9 Å². The number of ketones is 1. The Morgan fingerprint density at radius 2 is 1.83 bits per heavy atom. The van der Waals surface area contributed by atoms with Crippen LogP contribution in [0.15, 0.2) is 42.5 Å². The molecule has 0 radical (unpaired) electrons. The Labute approximate surface area is 110 Å². The van der Waals surface area contributed by atoms with Crippen LogP contribution in [-0.2, 0) is 0 Å². The van der Waals surface area contributed by atoms with E-state index in [2.05, 4.69) is 0 Å². The fourth-order valence-corrected chi connectivity index (χ4v) is 2.61. The van der Waals surface area contributed by atoms with E-state index in [1.54, 1.807) is 12.1 Å². The zero-order valence-corrected chi connectivity index (χ0v) is 10.3. The van der Waals surface area contributed by atoms with Crippen molar-refractivity contribution in [3.05, 3.63) is 64.2 Å². The largest absolute Gasteiger partial charge is 0.508 e. The Morgan fingerprint density at radius 3 is 2.56 bits per heavy atom. The maximum Gasteiger partial charge on any atom is 0.164 e. The molecule has 3 heteroatoms. The van der Waals surface area contributed by atoms with Crippen LogP contribution in [-0.4, -0.2) is 10.9 Å². The standard InChI is InChI=1S/C15H11ClO2/c16-10-3-1-9(2-4-10)13-8-15(18)14-7-11(17)5-6-12(13)14/h1-7,13,17H,8H2. The number of phenols is 1. The molecule has 0 spiro atoms. The van der Waals surface area contributed by atoms with Gasteiger partial charge in [-0.3, -0.25) is 4.79 Å². The van der Waals surface area contributed by atoms with E-state index in [1.165, 1.54) is 0 Å². The van der Waals surface area contributed by atoms with Crippen molar-refractivity contribution in [2.75, 3.05) is 0 Å². The van der Waals surface area contributed by atoms with Crippen molar-refractivity contribution in [2.24, 2.45) is 0 Å². The van der Waals surface area contributed by atoms with E-state index in [9.17, 15) is 9.90 Å². The zero-order chi connectivity index (χ0) is 12.7. The van der Waals surface area contributed by atoms with Crippen molar-refractivity contribution in [3.63, 3.8) is 0 Å². The second-order valence-corrected chi connectivity index (χ2v) is 4.94. The fourth-order valence-electron chi connectivity index (χ4n) is 2.49. The first kappa shape index (κ1) is 11.3. The van der Waals surface area contributed by atoms with E-state index >= 15 is 0 Å². The minimum absolute atomic E-state index is 0.0744. The van der Waals surface area contributed by atoms with Gasteiger partial charge in [0.1, 0.15) is 5.75 Å². The average Bonchev–Trinajstić information content (AvgIpc) is 2.68. The lowest BCUT2D eigenvalue weighted by Crippen LogP contribution is -1.96. The molecular formula is C15H11ClO2. The van der Waals surface area contributed by atoms with Gasteiger partial charge in [0.25, 0.3) is 0 Å². The lowest BCUT2D eigenvalue weighted by molar-refractivity contribution is 0.0991. The number of aromatic hydroxyl groups is 1. The van der Waals surface area contributed by atoms with Crippen molar-refractivity contribution in [3.8, 4) is 5.75 Å². The van der Waals surface area contributed by atoms with Crippen LogP contribution in [0.25, 0.3) is 0 Å². The molecule has 2 aromatic rings. The Hall–Kier alpha value is -1.80. The molecule has 0 heterocycles. The highest BCUT2D eigenvalue weighted by atomic mass is 35.5. The summed E-state index contributed by atoms with van der Waals surface area (Å²) in [6.07, 6.45) is 0.459. The number of benzene rings is 2. The number of hydrogen-bond donors (Lipinski definition) is 1. The highest BCUT2D eigenvalue weighted by Crippen LogP contribution is 2.39. The van der Waals surface area contributed by atoms with Crippen LogP contribution in [0.3, 0.4) is 0 Å². The minimum Gasteiger partial charge on any atom is -0.508 e. The van der Waals surface area contributed by atoms with E-state index in [0.717, 1.165) is 11.1 Å². The van der Waals surface area contributed by atoms with Gasteiger partial charge in [0.05, 0.1) is 0 Å². The second kappa shape index (κ2) is 4.14. The topological polar surface area (TPSA) is 37.3 Å². The van der Waals surface area contributed by atoms with E-state index in [4.69, 9.17) is 11.6 Å². The number of phenolic OH excluding ortho intramolecular Hbond substituents is 1. The van der Waals surface area contributed by atoms with Gasteiger partial charge in [-0.05, 0) is 35.4 Å². The molecule has 18 heavy (non-hydrogen) atoms. The van der Waals surface area contributed by atoms with E-state index in [-0.39, 0.29) is 17.5 Å². The monoisotopic (exact) mass is 258 g/mol. The predicted molar refractivity (Wildman–Crippen MR) is 70.3 cm³/mol. The number of rotatable bonds is 1. The summed E-state index contributed by atoms with van der Waals surface area (Å²) < 4.78 is 0. The summed E-state index contributed by atoms with van der Waals surface area (Å²) in [6, 6.07) is 12.6. The minimum atomic E-state index is 0.0744. The second-order valence-electron chi connectivity index (χ2n) is 4.50. The smallest absolute Gasteiger partial charge is 0.164 e. The van der Waals surface area contributed by atoms with Crippen molar-refractivity contribution >= 4 is 17.4 Å². The average molecular weight is 259 g/mol. The van der Waals surface area contributed by atoms with Crippen molar-refractivity contribution in [1.29, 1.82) is 0 Å². The Morgan fingerprint density at radius 1 is 1.11 bits per heavy atom. The first-order valence-electron chi connectivity index (χ1n) is 5.77. The van der Waals surface area contributed by atoms with E-state index in [0.29, 0.717) is 17.0 Å². The van der Waals surface area contributed by atoms with Crippen molar-refractivity contribution in [2.45, 2.75) is 12.3 Å². The molecule has 3 rings (SSSR count). The maximum absolute atomic E-state index is 11.9. The lowest BCUT2D eigenvalue weighted by Gasteiger charge is -2.11. The van der Waals surface area contributed by atoms with Gasteiger partial charge in [-0.25, -0.2) is 0 Å². The van der Waals surface area contributed by atoms with Crippen LogP contribution >= 0.6 is 11.6 Å². The molecule has 0 aromatic heterocycles. The molecule has 0 saturated carbocycles. The molecule has 90 valence electrons. The van der Waals surface area contributed by atoms with Gasteiger partial charge in [0.2, 0.25) is 0 Å². The van der Waals surface area contributed by atoms with Crippen LogP contribution in [0.5, 0.6) is 5.75 Å². The highest BCUT2D eigenvalue weighted by molar-refractivity contribution is 6.30. The van der Waals surface area contributed by atoms with Crippen molar-refractivity contribution in [1.82, 2.24) is 0 Å². The molecule has 2 nitrogen and oxygen atoms in total. The van der Waals surface area contributed by atoms with E-state index < -0.39 is 0 Å². The summed E-state index contributed by atoms with van der Waals surface area (Å²) in [6.45, 7) is 0.